The highest BCUT2D eigenvalue weighted by atomic mass is 32.1. The maximum atomic E-state index is 15.1. The highest BCUT2D eigenvalue weighted by molar-refractivity contribution is 7.11. The average molecular weight is 513 g/mol. The lowest BCUT2D eigenvalue weighted by molar-refractivity contribution is -0.633. The van der Waals surface area contributed by atoms with Crippen LogP contribution in [-0.2, 0) is 14.3 Å². The van der Waals surface area contributed by atoms with Gasteiger partial charge in [0.2, 0.25) is 0 Å². The van der Waals surface area contributed by atoms with E-state index in [2.05, 4.69) is 15.3 Å². The fourth-order valence-electron chi connectivity index (χ4n) is 9.19. The van der Waals surface area contributed by atoms with Crippen molar-refractivity contribution >= 4 is 29.1 Å². The van der Waals surface area contributed by atoms with Crippen LogP contribution in [0, 0.1) is 63.8 Å². The number of aromatic nitrogens is 1. The third-order valence-electron chi connectivity index (χ3n) is 9.97. The van der Waals surface area contributed by atoms with Gasteiger partial charge in [0, 0.05) is 28.3 Å². The number of aliphatic imine (C=N–C) groups is 1. The molecule has 2 heterocycles. The van der Waals surface area contributed by atoms with Crippen LogP contribution in [0.3, 0.4) is 0 Å². The van der Waals surface area contributed by atoms with E-state index in [-0.39, 0.29) is 53.3 Å². The van der Waals surface area contributed by atoms with E-state index < -0.39 is 46.3 Å². The maximum absolute atomic E-state index is 15.1. The largest absolute Gasteiger partial charge is 0.481 e. The van der Waals surface area contributed by atoms with Gasteiger partial charge in [0.05, 0.1) is 17.6 Å². The molecule has 1 aromatic heterocycles. The first-order valence-corrected chi connectivity index (χ1v) is 12.7. The van der Waals surface area contributed by atoms with E-state index in [9.17, 15) is 23.5 Å². The van der Waals surface area contributed by atoms with Gasteiger partial charge < -0.3 is 15.2 Å². The molecule has 0 spiro atoms. The second-order valence-corrected chi connectivity index (χ2v) is 11.3. The first-order chi connectivity index (χ1) is 17.3. The van der Waals surface area contributed by atoms with Gasteiger partial charge in [0.25, 0.3) is 0 Å². The first kappa shape index (κ1) is 20.9. The smallest absolute Gasteiger partial charge is 0.338 e. The minimum Gasteiger partial charge on any atom is -0.481 e. The molecule has 6 saturated carbocycles. The summed E-state index contributed by atoms with van der Waals surface area (Å²) in [6, 6.07) is 0.642. The number of carboxylic acids is 1. The monoisotopic (exact) mass is 513 g/mol. The molecule has 7 nitrogen and oxygen atoms in total. The number of thiazole rings is 1. The first-order valence-electron chi connectivity index (χ1n) is 11.9. The highest BCUT2D eigenvalue weighted by Gasteiger charge is 3.12. The number of rotatable bonds is 6. The van der Waals surface area contributed by atoms with Gasteiger partial charge in [-0.3, -0.25) is 9.79 Å². The predicted octanol–water partition coefficient (Wildman–Crippen LogP) is 3.29. The summed E-state index contributed by atoms with van der Waals surface area (Å²) in [6.07, 6.45) is 1.59. The second kappa shape index (κ2) is 6.19. The van der Waals surface area contributed by atoms with Crippen molar-refractivity contribution < 1.29 is 32.6 Å². The van der Waals surface area contributed by atoms with Crippen molar-refractivity contribution in [2.45, 2.75) is 13.0 Å². The Balaban J connectivity index is 1.31. The van der Waals surface area contributed by atoms with Gasteiger partial charge in [-0.05, 0) is 48.5 Å². The van der Waals surface area contributed by atoms with Gasteiger partial charge in [0.1, 0.15) is 6.04 Å². The molecule has 0 radical (unpaired) electrons. The quantitative estimate of drug-likeness (QED) is 0.454. The Hall–Kier alpha value is -3.21. The summed E-state index contributed by atoms with van der Waals surface area (Å²) in [5.41, 5.74) is -0.687. The Kier molecular flexibility index (Phi) is 3.60. The zero-order valence-corrected chi connectivity index (χ0v) is 19.5. The molecule has 1 atom stereocenters. The summed E-state index contributed by atoms with van der Waals surface area (Å²) < 4.78 is 48.5. The standard InChI is InChI=1S/C25H18F3N3O4S/c1-2-35-22(32)9-18(7-3-4-8(26)17(28)16(7)27)30-20(21-29-5-6-36-21)31-19(9)24-10-13-11(24)15-12(24)14(10)25(13,15)23(33)34/h3-6,10-15,18H,2H2,1H3,(H,30,31)(H,33,34)/t10?,11?,12?,13?,14?,15?,18-,24?,25?/m1/s1. The van der Waals surface area contributed by atoms with E-state index in [1.165, 1.54) is 11.3 Å². The van der Waals surface area contributed by atoms with Crippen LogP contribution in [0.4, 0.5) is 13.2 Å². The summed E-state index contributed by atoms with van der Waals surface area (Å²) in [6.45, 7) is 1.71. The SMILES string of the molecule is CCOC(=O)C1=C(C23C4C5C2C2C3C4C52C(=O)O)NC(c2nccs2)=N[C@@H]1c1ccc(F)c(F)c1F. The van der Waals surface area contributed by atoms with Crippen molar-refractivity contribution in [2.24, 2.45) is 51.3 Å². The van der Waals surface area contributed by atoms with Crippen molar-refractivity contribution in [3.8, 4) is 0 Å². The number of ether oxygens (including phenoxy) is 1. The van der Waals surface area contributed by atoms with Crippen molar-refractivity contribution in [3.05, 3.63) is 63.0 Å². The van der Waals surface area contributed by atoms with Crippen molar-refractivity contribution in [1.29, 1.82) is 0 Å². The summed E-state index contributed by atoms with van der Waals surface area (Å²) >= 11 is 1.29. The average Bonchev–Trinajstić information content (AvgIpc) is 3.41. The number of aliphatic carboxylic acids is 1. The molecule has 11 heteroatoms. The number of carbonyl (C=O) groups excluding carboxylic acids is 1. The molecular formula is C25H18F3N3O4S. The van der Waals surface area contributed by atoms with Crippen molar-refractivity contribution in [2.75, 3.05) is 6.61 Å². The fraction of sp³-hybridized carbons (Fsp3) is 0.440. The molecule has 1 aliphatic heterocycles. The van der Waals surface area contributed by atoms with Gasteiger partial charge in [0.15, 0.2) is 28.3 Å². The van der Waals surface area contributed by atoms with Gasteiger partial charge in [-0.1, -0.05) is 6.07 Å². The number of carboxylic acid groups (broad SMARTS) is 1. The third kappa shape index (κ3) is 1.78. The molecule has 2 N–H and O–H groups in total. The maximum Gasteiger partial charge on any atom is 0.338 e. The number of hydrogen-bond donors (Lipinski definition) is 2. The van der Waals surface area contributed by atoms with Crippen LogP contribution in [-0.4, -0.2) is 34.5 Å². The molecular weight excluding hydrogens is 495 g/mol. The van der Waals surface area contributed by atoms with E-state index in [4.69, 9.17) is 4.74 Å². The molecule has 6 fully saturated rings. The second-order valence-electron chi connectivity index (χ2n) is 10.4. The van der Waals surface area contributed by atoms with Crippen LogP contribution in [0.2, 0.25) is 0 Å². The number of nitrogens with one attached hydrogen (secondary N) is 1. The molecule has 0 amide bonds. The highest BCUT2D eigenvalue weighted by Crippen LogP contribution is 3.11. The van der Waals surface area contributed by atoms with Crippen molar-refractivity contribution in [3.63, 3.8) is 0 Å². The van der Waals surface area contributed by atoms with Gasteiger partial charge >= 0.3 is 11.9 Å². The molecule has 2 aromatic rings. The van der Waals surface area contributed by atoms with Crippen LogP contribution in [0.25, 0.3) is 0 Å². The van der Waals surface area contributed by atoms with Crippen LogP contribution < -0.4 is 5.32 Å². The zero-order chi connectivity index (χ0) is 24.9. The normalized spacial score (nSPS) is 41.4. The summed E-state index contributed by atoms with van der Waals surface area (Å²) in [4.78, 5) is 34.3. The zero-order valence-electron chi connectivity index (χ0n) is 18.7. The topological polar surface area (TPSA) is 101 Å². The number of nitrogens with zero attached hydrogens (tertiary/aromatic N) is 2. The van der Waals surface area contributed by atoms with E-state index in [0.717, 1.165) is 12.1 Å². The van der Waals surface area contributed by atoms with Crippen LogP contribution in [0.1, 0.15) is 23.5 Å². The number of halogens is 3. The number of allylic oxidation sites excluding steroid dienone is 1. The van der Waals surface area contributed by atoms with Crippen LogP contribution in [0.15, 0.2) is 40.0 Å². The van der Waals surface area contributed by atoms with E-state index in [1.807, 2.05) is 0 Å². The number of carbonyl (C=O) groups is 2. The third-order valence-corrected chi connectivity index (χ3v) is 10.7. The summed E-state index contributed by atoms with van der Waals surface area (Å²) in [5.74, 6) is -4.94. The Morgan fingerprint density at radius 2 is 1.81 bits per heavy atom. The minimum absolute atomic E-state index is 0.0604. The Bertz CT molecular complexity index is 1430. The van der Waals surface area contributed by atoms with E-state index in [1.54, 1.807) is 18.5 Å². The Labute approximate surface area is 206 Å². The summed E-state index contributed by atoms with van der Waals surface area (Å²) in [5, 5.41) is 15.4. The number of amidine groups is 1. The number of benzene rings is 1. The Morgan fingerprint density at radius 3 is 2.39 bits per heavy atom. The van der Waals surface area contributed by atoms with Gasteiger partial charge in [-0.25, -0.2) is 22.9 Å². The molecule has 6 aliphatic carbocycles. The molecule has 184 valence electrons. The van der Waals surface area contributed by atoms with Crippen molar-refractivity contribution in [1.82, 2.24) is 10.3 Å². The molecule has 9 rings (SSSR count). The molecule has 0 bridgehead atoms. The molecule has 0 saturated heterocycles. The molecule has 7 aliphatic rings. The number of hydrogen-bond acceptors (Lipinski definition) is 7. The Morgan fingerprint density at radius 1 is 1.11 bits per heavy atom. The molecule has 1 aromatic carbocycles. The lowest BCUT2D eigenvalue weighted by Crippen LogP contribution is -3.11. The lowest BCUT2D eigenvalue weighted by atomic mass is 8.92. The fourth-order valence-corrected chi connectivity index (χ4v) is 9.78. The lowest BCUT2D eigenvalue weighted by Gasteiger charge is -3.10. The van der Waals surface area contributed by atoms with E-state index >= 15 is 4.39 Å². The molecule has 36 heavy (non-hydrogen) atoms. The number of esters is 1. The minimum atomic E-state index is -1.64. The van der Waals surface area contributed by atoms with E-state index in [0.29, 0.717) is 16.5 Å². The predicted molar refractivity (Wildman–Crippen MR) is 118 cm³/mol. The van der Waals surface area contributed by atoms with Gasteiger partial charge in [-0.15, -0.1) is 11.3 Å². The summed E-state index contributed by atoms with van der Waals surface area (Å²) in [7, 11) is 0. The van der Waals surface area contributed by atoms with Gasteiger partial charge in [-0.2, -0.15) is 0 Å². The molecule has 0 unspecified atom stereocenters. The van der Waals surface area contributed by atoms with Crippen LogP contribution >= 0.6 is 11.3 Å². The van der Waals surface area contributed by atoms with Crippen LogP contribution in [0.5, 0.6) is 0 Å².